The number of nitrogens with zero attached hydrogens (tertiary/aromatic N) is 4. The van der Waals surface area contributed by atoms with E-state index in [-0.39, 0.29) is 42.2 Å². The SMILES string of the molecule is C#C[C@]1(COP(=O)(N[C@@H](Cc2ccccc2)C(=O)OCCCCCCCCCCCCCCCCCCC)Oc2ccccc2)O[C@@H](n2cnc3c(N)nc(F)nc32)C[C@@H]1O. The number of para-hydroxylation sites is 1. The van der Waals surface area contributed by atoms with Gasteiger partial charge in [0.1, 0.15) is 30.7 Å². The number of hydrogen-bond donors (Lipinski definition) is 3. The van der Waals surface area contributed by atoms with Crippen molar-refractivity contribution in [3.05, 3.63) is 78.6 Å². The van der Waals surface area contributed by atoms with Crippen LogP contribution < -0.4 is 15.3 Å². The normalized spacial score (nSPS) is 19.0. The van der Waals surface area contributed by atoms with Crippen LogP contribution >= 0.6 is 7.75 Å². The first-order valence-electron chi connectivity index (χ1n) is 22.1. The van der Waals surface area contributed by atoms with Crippen LogP contribution in [0.15, 0.2) is 67.0 Å². The molecule has 5 atom stereocenters. The van der Waals surface area contributed by atoms with E-state index in [4.69, 9.17) is 30.7 Å². The number of unbranched alkanes of at least 4 members (excludes halogenated alkanes) is 16. The largest absolute Gasteiger partial charge is 0.465 e. The van der Waals surface area contributed by atoms with Gasteiger partial charge in [-0.3, -0.25) is 13.9 Å². The highest BCUT2D eigenvalue weighted by molar-refractivity contribution is 7.52. The third-order valence-electron chi connectivity index (χ3n) is 11.1. The number of carbonyl (C=O) groups excluding carboxylic acids is 1. The highest BCUT2D eigenvalue weighted by atomic mass is 31.2. The summed E-state index contributed by atoms with van der Waals surface area (Å²) in [6, 6.07) is 16.4. The fourth-order valence-electron chi connectivity index (χ4n) is 7.56. The van der Waals surface area contributed by atoms with Crippen molar-refractivity contribution in [3.63, 3.8) is 0 Å². The number of halogens is 1. The lowest BCUT2D eigenvalue weighted by atomic mass is 9.99. The number of carbonyl (C=O) groups is 1. The number of aromatic nitrogens is 4. The highest BCUT2D eigenvalue weighted by Crippen LogP contribution is 2.48. The van der Waals surface area contributed by atoms with Crippen LogP contribution in [0.2, 0.25) is 0 Å². The minimum Gasteiger partial charge on any atom is -0.465 e. The molecule has 0 spiro atoms. The van der Waals surface area contributed by atoms with Gasteiger partial charge in [-0.15, -0.1) is 6.42 Å². The Morgan fingerprint density at radius 2 is 1.52 bits per heavy atom. The zero-order valence-corrected chi connectivity index (χ0v) is 36.5. The molecule has 2 aromatic heterocycles. The van der Waals surface area contributed by atoms with Crippen LogP contribution in [0.5, 0.6) is 5.75 Å². The van der Waals surface area contributed by atoms with Crippen molar-refractivity contribution in [2.75, 3.05) is 18.9 Å². The molecule has 1 saturated heterocycles. The molecule has 13 nitrogen and oxygen atoms in total. The Hall–Kier alpha value is -4.38. The van der Waals surface area contributed by atoms with Crippen molar-refractivity contribution in [3.8, 4) is 18.1 Å². The monoisotopic (exact) mass is 862 g/mol. The van der Waals surface area contributed by atoms with Gasteiger partial charge >= 0.3 is 19.8 Å². The number of esters is 1. The first-order valence-corrected chi connectivity index (χ1v) is 23.7. The summed E-state index contributed by atoms with van der Waals surface area (Å²) < 4.78 is 54.1. The van der Waals surface area contributed by atoms with Gasteiger partial charge in [0.15, 0.2) is 22.6 Å². The number of fused-ring (bicyclic) bond motifs is 1. The van der Waals surface area contributed by atoms with Gasteiger partial charge in [-0.05, 0) is 30.5 Å². The van der Waals surface area contributed by atoms with Crippen LogP contribution in [0, 0.1) is 18.4 Å². The van der Waals surface area contributed by atoms with Crippen LogP contribution in [0.4, 0.5) is 10.2 Å². The van der Waals surface area contributed by atoms with Crippen LogP contribution in [0.3, 0.4) is 0 Å². The molecular formula is C46H64FN6O7P. The zero-order valence-electron chi connectivity index (χ0n) is 35.6. The number of imidazole rings is 1. The van der Waals surface area contributed by atoms with Gasteiger partial charge in [0, 0.05) is 6.42 Å². The van der Waals surface area contributed by atoms with Crippen molar-refractivity contribution in [1.29, 1.82) is 0 Å². The van der Waals surface area contributed by atoms with Gasteiger partial charge in [0.05, 0.1) is 12.9 Å². The Balaban J connectivity index is 1.14. The first-order chi connectivity index (χ1) is 29.6. The summed E-state index contributed by atoms with van der Waals surface area (Å²) in [5.41, 5.74) is 4.95. The number of aliphatic hydroxyl groups excluding tert-OH is 1. The van der Waals surface area contributed by atoms with E-state index >= 15 is 0 Å². The van der Waals surface area contributed by atoms with E-state index in [2.05, 4.69) is 32.9 Å². The maximum atomic E-state index is 14.8. The van der Waals surface area contributed by atoms with E-state index in [0.29, 0.717) is 6.42 Å². The van der Waals surface area contributed by atoms with Gasteiger partial charge < -0.3 is 24.8 Å². The van der Waals surface area contributed by atoms with Crippen molar-refractivity contribution in [1.82, 2.24) is 24.6 Å². The van der Waals surface area contributed by atoms with Gasteiger partial charge in [0.2, 0.25) is 0 Å². The maximum Gasteiger partial charge on any atom is 0.459 e. The third-order valence-corrected chi connectivity index (χ3v) is 12.6. The number of nitrogens with one attached hydrogen (secondary N) is 1. The number of terminal acetylenes is 1. The van der Waals surface area contributed by atoms with E-state index < -0.39 is 50.4 Å². The van der Waals surface area contributed by atoms with Gasteiger partial charge in [-0.1, -0.05) is 164 Å². The smallest absolute Gasteiger partial charge is 0.459 e. The molecule has 332 valence electrons. The molecule has 61 heavy (non-hydrogen) atoms. The molecule has 0 aliphatic carbocycles. The molecular weight excluding hydrogens is 799 g/mol. The van der Waals surface area contributed by atoms with E-state index in [1.54, 1.807) is 30.3 Å². The molecule has 15 heteroatoms. The Morgan fingerprint density at radius 3 is 2.11 bits per heavy atom. The molecule has 0 saturated carbocycles. The summed E-state index contributed by atoms with van der Waals surface area (Å²) in [5.74, 6) is 1.87. The van der Waals surface area contributed by atoms with Crippen LogP contribution in [-0.4, -0.2) is 61.6 Å². The van der Waals surface area contributed by atoms with Gasteiger partial charge in [0.25, 0.3) is 0 Å². The second-order valence-corrected chi connectivity index (χ2v) is 17.6. The molecule has 4 aromatic rings. The lowest BCUT2D eigenvalue weighted by Gasteiger charge is -2.30. The molecule has 3 heterocycles. The summed E-state index contributed by atoms with van der Waals surface area (Å²) in [5, 5.41) is 14.1. The summed E-state index contributed by atoms with van der Waals surface area (Å²) in [6.07, 6.45) is 25.1. The van der Waals surface area contributed by atoms with Crippen molar-refractivity contribution >= 4 is 30.7 Å². The molecule has 0 amide bonds. The summed E-state index contributed by atoms with van der Waals surface area (Å²) in [6.45, 7) is 1.85. The quantitative estimate of drug-likeness (QED) is 0.0155. The molecule has 4 N–H and O–H groups in total. The summed E-state index contributed by atoms with van der Waals surface area (Å²) in [4.78, 5) is 25.2. The lowest BCUT2D eigenvalue weighted by molar-refractivity contribution is -0.146. The Kier molecular flexibility index (Phi) is 19.5. The Labute approximate surface area is 360 Å². The summed E-state index contributed by atoms with van der Waals surface area (Å²) >= 11 is 0. The lowest BCUT2D eigenvalue weighted by Crippen LogP contribution is -2.44. The molecule has 2 aromatic carbocycles. The minimum atomic E-state index is -4.48. The van der Waals surface area contributed by atoms with Gasteiger partial charge in [-0.2, -0.15) is 19.4 Å². The Bertz CT molecular complexity index is 2000. The number of aliphatic hydroxyl groups is 1. The summed E-state index contributed by atoms with van der Waals surface area (Å²) in [7, 11) is -4.48. The predicted molar refractivity (Wildman–Crippen MR) is 235 cm³/mol. The van der Waals surface area contributed by atoms with E-state index in [9.17, 15) is 18.9 Å². The van der Waals surface area contributed by atoms with Crippen molar-refractivity contribution in [2.24, 2.45) is 0 Å². The molecule has 1 fully saturated rings. The Morgan fingerprint density at radius 1 is 0.951 bits per heavy atom. The maximum absolute atomic E-state index is 14.8. The second-order valence-electron chi connectivity index (χ2n) is 15.9. The number of rotatable bonds is 29. The van der Waals surface area contributed by atoms with Gasteiger partial charge in [-0.25, -0.2) is 9.55 Å². The van der Waals surface area contributed by atoms with Crippen molar-refractivity contribution in [2.45, 2.75) is 153 Å². The standard InChI is InChI=1S/C46H64FN6O7P/c1-3-5-6-7-8-9-10-11-12-13-14-15-16-17-18-19-26-31-57-44(55)38(32-36-27-22-20-23-28-36)52-61(56,60-37-29-24-21-25-30-37)58-34-46(4-2)39(54)33-40(59-46)53-35-49-41-42(48)50-45(47)51-43(41)53/h2,20-25,27-30,35,38-40,54H,3,5-19,26,31-34H2,1H3,(H,52,56)(H2,48,50,51)/t38-,39-,40+,46+,61?/m0/s1. The second kappa shape index (κ2) is 24.9. The minimum absolute atomic E-state index is 0.0350. The molecule has 0 radical (unpaired) electrons. The fraction of sp³-hybridized carbons (Fsp3) is 0.565. The topological polar surface area (TPSA) is 173 Å². The average Bonchev–Trinajstić information content (AvgIpc) is 3.83. The van der Waals surface area contributed by atoms with E-state index in [1.165, 1.54) is 94.4 Å². The molecule has 1 unspecified atom stereocenters. The van der Waals surface area contributed by atoms with Crippen LogP contribution in [-0.2, 0) is 29.8 Å². The number of nitrogens with two attached hydrogens (primary N) is 1. The third kappa shape index (κ3) is 14.9. The van der Waals surface area contributed by atoms with Crippen LogP contribution in [0.1, 0.15) is 134 Å². The number of nitrogen functional groups attached to an aromatic ring is 1. The number of benzene rings is 2. The number of hydrogen-bond acceptors (Lipinski definition) is 11. The predicted octanol–water partition coefficient (Wildman–Crippen LogP) is 9.80. The average molecular weight is 863 g/mol. The molecule has 1 aliphatic heterocycles. The van der Waals surface area contributed by atoms with Crippen molar-refractivity contribution < 1.29 is 37.4 Å². The molecule has 1 aliphatic rings. The zero-order chi connectivity index (χ0) is 43.3. The van der Waals surface area contributed by atoms with Crippen LogP contribution in [0.25, 0.3) is 11.2 Å². The highest BCUT2D eigenvalue weighted by Gasteiger charge is 2.50. The number of ether oxygens (including phenoxy) is 2. The first kappa shape index (κ1) is 47.7. The molecule has 5 rings (SSSR count). The van der Waals surface area contributed by atoms with E-state index in [1.807, 2.05) is 30.3 Å². The number of anilines is 1. The fourth-order valence-corrected chi connectivity index (χ4v) is 9.08. The van der Waals surface area contributed by atoms with E-state index in [0.717, 1.165) is 24.8 Å². The molecule has 0 bridgehead atoms.